The Hall–Kier alpha value is -2.90. The average Bonchev–Trinajstić information content (AvgIpc) is 3.32. The first-order valence-electron chi connectivity index (χ1n) is 10.7. The van der Waals surface area contributed by atoms with Crippen molar-refractivity contribution in [3.05, 3.63) is 30.3 Å². The van der Waals surface area contributed by atoms with Gasteiger partial charge < -0.3 is 15.5 Å². The molecular weight excluding hydrogens is 384 g/mol. The molecule has 4 rings (SSSR count). The van der Waals surface area contributed by atoms with Gasteiger partial charge in [-0.1, -0.05) is 31.0 Å². The van der Waals surface area contributed by atoms with Crippen LogP contribution in [0.3, 0.4) is 0 Å². The maximum Gasteiger partial charge on any atom is 0.325 e. The molecule has 1 unspecified atom stereocenters. The van der Waals surface area contributed by atoms with Gasteiger partial charge in [0.2, 0.25) is 11.8 Å². The summed E-state index contributed by atoms with van der Waals surface area (Å²) >= 11 is 0. The molecule has 0 radical (unpaired) electrons. The van der Waals surface area contributed by atoms with Gasteiger partial charge in [0.05, 0.1) is 0 Å². The van der Waals surface area contributed by atoms with Gasteiger partial charge in [-0.05, 0) is 44.7 Å². The lowest BCUT2D eigenvalue weighted by atomic mass is 9.95. The van der Waals surface area contributed by atoms with Crippen LogP contribution in [0.25, 0.3) is 0 Å². The molecule has 0 bridgehead atoms. The molecule has 2 N–H and O–H groups in total. The minimum Gasteiger partial charge on any atom is -0.341 e. The van der Waals surface area contributed by atoms with Crippen molar-refractivity contribution in [2.24, 2.45) is 5.92 Å². The third-order valence-corrected chi connectivity index (χ3v) is 6.61. The number of carbonyl (C=O) groups is 4. The lowest BCUT2D eigenvalue weighted by molar-refractivity contribution is -0.144. The van der Waals surface area contributed by atoms with Gasteiger partial charge in [0.1, 0.15) is 11.6 Å². The van der Waals surface area contributed by atoms with E-state index in [1.807, 2.05) is 30.3 Å². The fraction of sp³-hybridized carbons (Fsp3) is 0.545. The van der Waals surface area contributed by atoms with Gasteiger partial charge in [-0.2, -0.15) is 0 Å². The molecule has 30 heavy (non-hydrogen) atoms. The number of benzene rings is 1. The van der Waals surface area contributed by atoms with E-state index in [0.717, 1.165) is 23.4 Å². The Bertz CT molecular complexity index is 842. The molecule has 8 heteroatoms. The normalized spacial score (nSPS) is 22.3. The van der Waals surface area contributed by atoms with Crippen LogP contribution in [0.2, 0.25) is 0 Å². The number of para-hydroxylation sites is 1. The first-order chi connectivity index (χ1) is 14.4. The van der Waals surface area contributed by atoms with E-state index in [9.17, 15) is 19.2 Å². The zero-order valence-corrected chi connectivity index (χ0v) is 17.2. The molecular formula is C22H28N4O4. The summed E-state index contributed by atoms with van der Waals surface area (Å²) < 4.78 is 0. The van der Waals surface area contributed by atoms with Crippen molar-refractivity contribution in [1.82, 2.24) is 15.1 Å². The molecule has 160 valence electrons. The molecule has 3 aliphatic rings. The lowest BCUT2D eigenvalue weighted by Crippen LogP contribution is -2.53. The van der Waals surface area contributed by atoms with E-state index in [1.165, 1.54) is 0 Å². The molecule has 0 aromatic heterocycles. The lowest BCUT2D eigenvalue weighted by Gasteiger charge is -2.34. The summed E-state index contributed by atoms with van der Waals surface area (Å²) in [5, 5.41) is 5.74. The van der Waals surface area contributed by atoms with Crippen LogP contribution in [0, 0.1) is 5.92 Å². The van der Waals surface area contributed by atoms with Crippen molar-refractivity contribution in [3.63, 3.8) is 0 Å². The van der Waals surface area contributed by atoms with Crippen LogP contribution in [0.4, 0.5) is 10.5 Å². The summed E-state index contributed by atoms with van der Waals surface area (Å²) in [4.78, 5) is 53.6. The number of likely N-dealkylation sites (tertiary alicyclic amines) is 1. The highest BCUT2D eigenvalue weighted by Crippen LogP contribution is 2.36. The average molecular weight is 412 g/mol. The molecule has 2 heterocycles. The Morgan fingerprint density at radius 3 is 2.37 bits per heavy atom. The number of urea groups is 1. The van der Waals surface area contributed by atoms with Crippen LogP contribution in [-0.2, 0) is 14.4 Å². The van der Waals surface area contributed by atoms with E-state index < -0.39 is 17.6 Å². The summed E-state index contributed by atoms with van der Waals surface area (Å²) in [6.45, 7) is 2.48. The topological polar surface area (TPSA) is 98.8 Å². The summed E-state index contributed by atoms with van der Waals surface area (Å²) in [7, 11) is 0. The van der Waals surface area contributed by atoms with Crippen LogP contribution >= 0.6 is 0 Å². The molecule has 1 spiro atoms. The highest BCUT2D eigenvalue weighted by atomic mass is 16.2. The third-order valence-electron chi connectivity index (χ3n) is 6.61. The number of nitrogens with zero attached hydrogens (tertiary/aromatic N) is 2. The van der Waals surface area contributed by atoms with Crippen molar-refractivity contribution in [2.45, 2.75) is 57.0 Å². The molecule has 2 aliphatic heterocycles. The van der Waals surface area contributed by atoms with E-state index in [4.69, 9.17) is 0 Å². The summed E-state index contributed by atoms with van der Waals surface area (Å²) in [6.07, 6.45) is 4.19. The first kappa shape index (κ1) is 20.4. The second-order valence-corrected chi connectivity index (χ2v) is 8.53. The Morgan fingerprint density at radius 2 is 1.73 bits per heavy atom. The van der Waals surface area contributed by atoms with E-state index in [-0.39, 0.29) is 23.6 Å². The van der Waals surface area contributed by atoms with Gasteiger partial charge in [-0.3, -0.25) is 14.4 Å². The number of nitrogens with one attached hydrogen (secondary N) is 2. The zero-order valence-electron chi connectivity index (χ0n) is 17.2. The largest absolute Gasteiger partial charge is 0.341 e. The van der Waals surface area contributed by atoms with Gasteiger partial charge in [0.15, 0.2) is 0 Å². The van der Waals surface area contributed by atoms with Crippen LogP contribution < -0.4 is 10.6 Å². The molecule has 2 saturated heterocycles. The van der Waals surface area contributed by atoms with E-state index >= 15 is 0 Å². The fourth-order valence-corrected chi connectivity index (χ4v) is 4.81. The molecule has 8 nitrogen and oxygen atoms in total. The molecule has 1 aromatic carbocycles. The number of hydrogen-bond donors (Lipinski definition) is 2. The smallest absolute Gasteiger partial charge is 0.325 e. The number of imide groups is 1. The van der Waals surface area contributed by atoms with Gasteiger partial charge >= 0.3 is 6.03 Å². The quantitative estimate of drug-likeness (QED) is 0.740. The number of anilines is 1. The summed E-state index contributed by atoms with van der Waals surface area (Å²) in [5.74, 6) is -0.722. The monoisotopic (exact) mass is 412 g/mol. The predicted octanol–water partition coefficient (Wildman–Crippen LogP) is 2.12. The first-order valence-corrected chi connectivity index (χ1v) is 10.7. The minimum atomic E-state index is -0.841. The summed E-state index contributed by atoms with van der Waals surface area (Å²) in [6, 6.07) is 7.99. The molecule has 5 amide bonds. The van der Waals surface area contributed by atoms with Gasteiger partial charge in [0, 0.05) is 24.7 Å². The predicted molar refractivity (Wildman–Crippen MR) is 110 cm³/mol. The number of hydrogen-bond acceptors (Lipinski definition) is 4. The number of piperidine rings is 1. The molecule has 3 fully saturated rings. The van der Waals surface area contributed by atoms with E-state index in [1.54, 1.807) is 11.8 Å². The maximum atomic E-state index is 13.0. The van der Waals surface area contributed by atoms with Gasteiger partial charge in [0.25, 0.3) is 5.91 Å². The number of amides is 5. The Labute approximate surface area is 176 Å². The van der Waals surface area contributed by atoms with Crippen LogP contribution in [0.15, 0.2) is 30.3 Å². The number of rotatable bonds is 4. The van der Waals surface area contributed by atoms with Crippen LogP contribution in [0.1, 0.15) is 45.4 Å². The molecule has 1 aliphatic carbocycles. The standard InChI is InChI=1S/C22H28N4O4/c1-15(26-20(29)22(24-21(26)30)11-5-6-12-22)19(28)25-13-9-16(10-14-25)18(27)23-17-7-3-2-4-8-17/h2-4,7-8,15-16H,5-6,9-14H2,1H3,(H,23,27)(H,24,30). The Kier molecular flexibility index (Phi) is 5.49. The van der Waals surface area contributed by atoms with Crippen molar-refractivity contribution in [2.75, 3.05) is 18.4 Å². The minimum absolute atomic E-state index is 0.0429. The highest BCUT2D eigenvalue weighted by Gasteiger charge is 2.54. The van der Waals surface area contributed by atoms with Gasteiger partial charge in [-0.15, -0.1) is 0 Å². The second kappa shape index (κ2) is 8.08. The molecule has 1 saturated carbocycles. The van der Waals surface area contributed by atoms with Crippen molar-refractivity contribution < 1.29 is 19.2 Å². The van der Waals surface area contributed by atoms with Gasteiger partial charge in [-0.25, -0.2) is 9.69 Å². The van der Waals surface area contributed by atoms with Crippen molar-refractivity contribution >= 4 is 29.4 Å². The molecule has 1 atom stereocenters. The van der Waals surface area contributed by atoms with Crippen molar-refractivity contribution in [3.8, 4) is 0 Å². The van der Waals surface area contributed by atoms with E-state index in [2.05, 4.69) is 10.6 Å². The van der Waals surface area contributed by atoms with E-state index in [0.29, 0.717) is 38.8 Å². The van der Waals surface area contributed by atoms with Crippen molar-refractivity contribution in [1.29, 1.82) is 0 Å². The third kappa shape index (κ3) is 3.66. The number of carbonyl (C=O) groups excluding carboxylic acids is 4. The summed E-state index contributed by atoms with van der Waals surface area (Å²) in [5.41, 5.74) is -0.0530. The fourth-order valence-electron chi connectivity index (χ4n) is 4.81. The molecule has 1 aromatic rings. The maximum absolute atomic E-state index is 13.0. The Balaban J connectivity index is 1.33. The second-order valence-electron chi connectivity index (χ2n) is 8.53. The zero-order chi connectivity index (χ0) is 21.3. The highest BCUT2D eigenvalue weighted by molar-refractivity contribution is 6.10. The van der Waals surface area contributed by atoms with Crippen LogP contribution in [-0.4, -0.2) is 58.2 Å². The van der Waals surface area contributed by atoms with Crippen LogP contribution in [0.5, 0.6) is 0 Å². The Morgan fingerprint density at radius 1 is 1.10 bits per heavy atom. The SMILES string of the molecule is CC(C(=O)N1CCC(C(=O)Nc2ccccc2)CC1)N1C(=O)NC2(CCCC2)C1=O.